The Hall–Kier alpha value is -0.570. The van der Waals surface area contributed by atoms with Gasteiger partial charge in [0, 0.05) is 0 Å². The highest BCUT2D eigenvalue weighted by molar-refractivity contribution is 5.75. The molecule has 4 unspecified atom stereocenters. The summed E-state index contributed by atoms with van der Waals surface area (Å²) in [4.78, 5) is 11.9. The van der Waals surface area contributed by atoms with E-state index in [1.54, 1.807) is 0 Å². The summed E-state index contributed by atoms with van der Waals surface area (Å²) < 4.78 is 11.1. The van der Waals surface area contributed by atoms with Crippen molar-refractivity contribution in [2.24, 2.45) is 28.6 Å². The molecule has 2 bridgehead atoms. The Morgan fingerprint density at radius 2 is 2.10 bits per heavy atom. The van der Waals surface area contributed by atoms with Crippen LogP contribution in [0.4, 0.5) is 0 Å². The van der Waals surface area contributed by atoms with Gasteiger partial charge in [-0.2, -0.15) is 0 Å². The summed E-state index contributed by atoms with van der Waals surface area (Å²) >= 11 is 0. The van der Waals surface area contributed by atoms with E-state index in [0.29, 0.717) is 5.41 Å². The van der Waals surface area contributed by atoms with Crippen LogP contribution in [0.3, 0.4) is 0 Å². The summed E-state index contributed by atoms with van der Waals surface area (Å²) in [5.74, 6) is 2.68. The number of rotatable bonds is 6. The van der Waals surface area contributed by atoms with Gasteiger partial charge in [0.2, 0.25) is 0 Å². The molecule has 3 heteroatoms. The zero-order valence-corrected chi connectivity index (χ0v) is 13.8. The molecular weight excluding hydrogens is 264 g/mol. The summed E-state index contributed by atoms with van der Waals surface area (Å²) in [6.07, 6.45) is 9.12. The van der Waals surface area contributed by atoms with Gasteiger partial charge in [0.15, 0.2) is 6.79 Å². The van der Waals surface area contributed by atoms with Crippen molar-refractivity contribution < 1.29 is 14.3 Å². The van der Waals surface area contributed by atoms with Gasteiger partial charge in [0.05, 0.1) is 12.0 Å². The van der Waals surface area contributed by atoms with E-state index < -0.39 is 5.41 Å². The predicted octanol–water partition coefficient (Wildman–Crippen LogP) is 4.16. The molecular formula is C18H30O3. The Bertz CT molecular complexity index is 403. The molecule has 0 amide bonds. The monoisotopic (exact) mass is 294 g/mol. The normalized spacial score (nSPS) is 37.8. The largest absolute Gasteiger partial charge is 0.438 e. The van der Waals surface area contributed by atoms with Crippen LogP contribution in [0.15, 0.2) is 0 Å². The maximum absolute atomic E-state index is 11.9. The summed E-state index contributed by atoms with van der Waals surface area (Å²) in [6.45, 7) is 6.79. The summed E-state index contributed by atoms with van der Waals surface area (Å²) in [7, 11) is 0. The molecule has 120 valence electrons. The highest BCUT2D eigenvalue weighted by atomic mass is 16.7. The fourth-order valence-corrected chi connectivity index (χ4v) is 5.13. The molecule has 0 heterocycles. The van der Waals surface area contributed by atoms with Gasteiger partial charge in [-0.1, -0.05) is 13.3 Å². The molecule has 4 atom stereocenters. The molecule has 0 aliphatic heterocycles. The van der Waals surface area contributed by atoms with Crippen molar-refractivity contribution in [3.63, 3.8) is 0 Å². The Morgan fingerprint density at radius 3 is 2.86 bits per heavy atom. The van der Waals surface area contributed by atoms with Crippen molar-refractivity contribution in [3.8, 4) is 0 Å². The Balaban J connectivity index is 1.47. The molecule has 0 spiro atoms. The second-order valence-electron chi connectivity index (χ2n) is 8.20. The molecule has 3 aliphatic rings. The van der Waals surface area contributed by atoms with Gasteiger partial charge in [-0.05, 0) is 75.5 Å². The first kappa shape index (κ1) is 15.3. The Labute approximate surface area is 128 Å². The molecule has 0 N–H and O–H groups in total. The number of carbonyl (C=O) groups is 1. The van der Waals surface area contributed by atoms with E-state index >= 15 is 0 Å². The number of hydrogen-bond acceptors (Lipinski definition) is 3. The van der Waals surface area contributed by atoms with Crippen molar-refractivity contribution in [3.05, 3.63) is 0 Å². The van der Waals surface area contributed by atoms with Crippen LogP contribution in [0.1, 0.15) is 65.7 Å². The number of esters is 1. The van der Waals surface area contributed by atoms with E-state index in [9.17, 15) is 4.79 Å². The van der Waals surface area contributed by atoms with Crippen LogP contribution >= 0.6 is 0 Å². The van der Waals surface area contributed by atoms with Crippen molar-refractivity contribution >= 4 is 5.97 Å². The third-order valence-electron chi connectivity index (χ3n) is 6.74. The van der Waals surface area contributed by atoms with Crippen LogP contribution in [0, 0.1) is 28.6 Å². The Kier molecular flexibility index (Phi) is 4.06. The van der Waals surface area contributed by atoms with Crippen LogP contribution in [0.2, 0.25) is 0 Å². The van der Waals surface area contributed by atoms with Crippen molar-refractivity contribution in [1.82, 2.24) is 0 Å². The van der Waals surface area contributed by atoms with E-state index in [1.165, 1.54) is 38.5 Å². The first-order chi connectivity index (χ1) is 9.98. The second-order valence-corrected chi connectivity index (χ2v) is 8.20. The topological polar surface area (TPSA) is 35.5 Å². The number of fused-ring (bicyclic) bond motifs is 5. The van der Waals surface area contributed by atoms with E-state index in [4.69, 9.17) is 9.47 Å². The van der Waals surface area contributed by atoms with Crippen LogP contribution in [0.25, 0.3) is 0 Å². The molecule has 0 aromatic heterocycles. The second kappa shape index (κ2) is 5.57. The minimum Gasteiger partial charge on any atom is -0.438 e. The van der Waals surface area contributed by atoms with E-state index in [2.05, 4.69) is 0 Å². The lowest BCUT2D eigenvalue weighted by molar-refractivity contribution is -0.170. The van der Waals surface area contributed by atoms with Gasteiger partial charge in [0.25, 0.3) is 0 Å². The standard InChI is InChI=1S/C18H30O3/c1-4-17(2,3)16(19)21-12-20-11-18-9-8-13(10-18)14-6-5-7-15(14)18/h13-15H,4-12H2,1-3H3. The fourth-order valence-electron chi connectivity index (χ4n) is 5.13. The SMILES string of the molecule is CCC(C)(C)C(=O)OCOCC12CCC(C1)C1CCCC12. The smallest absolute Gasteiger partial charge is 0.313 e. The maximum atomic E-state index is 11.9. The molecule has 0 saturated heterocycles. The minimum atomic E-state index is -0.399. The van der Waals surface area contributed by atoms with E-state index in [1.807, 2.05) is 20.8 Å². The van der Waals surface area contributed by atoms with Gasteiger partial charge in [0.1, 0.15) is 0 Å². The van der Waals surface area contributed by atoms with E-state index in [0.717, 1.165) is 30.8 Å². The minimum absolute atomic E-state index is 0.131. The molecule has 3 nitrogen and oxygen atoms in total. The molecule has 0 radical (unpaired) electrons. The average molecular weight is 294 g/mol. The Morgan fingerprint density at radius 1 is 1.29 bits per heavy atom. The number of ether oxygens (including phenoxy) is 2. The predicted molar refractivity (Wildman–Crippen MR) is 81.6 cm³/mol. The lowest BCUT2D eigenvalue weighted by atomic mass is 9.72. The van der Waals surface area contributed by atoms with Crippen molar-refractivity contribution in [2.45, 2.75) is 65.7 Å². The third kappa shape index (κ3) is 2.62. The van der Waals surface area contributed by atoms with Gasteiger partial charge in [-0.15, -0.1) is 0 Å². The lowest BCUT2D eigenvalue weighted by Crippen LogP contribution is -2.33. The van der Waals surface area contributed by atoms with Crippen LogP contribution < -0.4 is 0 Å². The molecule has 3 fully saturated rings. The van der Waals surface area contributed by atoms with Gasteiger partial charge in [-0.25, -0.2) is 0 Å². The maximum Gasteiger partial charge on any atom is 0.313 e. The van der Waals surface area contributed by atoms with Gasteiger partial charge in [-0.3, -0.25) is 4.79 Å². The molecule has 0 aromatic carbocycles. The summed E-state index contributed by atoms with van der Waals surface area (Å²) in [5.41, 5.74) is 0.0164. The van der Waals surface area contributed by atoms with Crippen LogP contribution in [-0.2, 0) is 14.3 Å². The highest BCUT2D eigenvalue weighted by Gasteiger charge is 2.58. The molecule has 21 heavy (non-hydrogen) atoms. The third-order valence-corrected chi connectivity index (χ3v) is 6.74. The first-order valence-electron chi connectivity index (χ1n) is 8.73. The number of carbonyl (C=O) groups excluding carboxylic acids is 1. The fraction of sp³-hybridized carbons (Fsp3) is 0.944. The van der Waals surface area contributed by atoms with Crippen molar-refractivity contribution in [1.29, 1.82) is 0 Å². The molecule has 3 rings (SSSR count). The summed E-state index contributed by atoms with van der Waals surface area (Å²) in [5, 5.41) is 0. The quantitative estimate of drug-likeness (QED) is 0.419. The zero-order valence-electron chi connectivity index (χ0n) is 13.8. The number of hydrogen-bond donors (Lipinski definition) is 0. The molecule has 3 aliphatic carbocycles. The summed E-state index contributed by atoms with van der Waals surface area (Å²) in [6, 6.07) is 0. The van der Waals surface area contributed by atoms with E-state index in [-0.39, 0.29) is 12.8 Å². The first-order valence-corrected chi connectivity index (χ1v) is 8.73. The van der Waals surface area contributed by atoms with Crippen molar-refractivity contribution in [2.75, 3.05) is 13.4 Å². The molecule has 0 aromatic rings. The van der Waals surface area contributed by atoms with Gasteiger partial charge < -0.3 is 9.47 Å². The average Bonchev–Trinajstić information content (AvgIpc) is 3.15. The zero-order chi connectivity index (χ0) is 15.1. The molecule has 3 saturated carbocycles. The lowest BCUT2D eigenvalue weighted by Gasteiger charge is -2.35. The van der Waals surface area contributed by atoms with Crippen LogP contribution in [-0.4, -0.2) is 19.4 Å². The highest BCUT2D eigenvalue weighted by Crippen LogP contribution is 2.65. The van der Waals surface area contributed by atoms with Gasteiger partial charge >= 0.3 is 5.97 Å². The van der Waals surface area contributed by atoms with Crippen LogP contribution in [0.5, 0.6) is 0 Å².